The summed E-state index contributed by atoms with van der Waals surface area (Å²) in [5.41, 5.74) is 1.45. The number of anilines is 2. The highest BCUT2D eigenvalue weighted by Gasteiger charge is 2.19. The molecule has 1 aromatic heterocycles. The fraction of sp³-hybridized carbons (Fsp3) is 0.476. The zero-order valence-corrected chi connectivity index (χ0v) is 16.8. The first kappa shape index (κ1) is 19.9. The lowest BCUT2D eigenvalue weighted by Gasteiger charge is -2.30. The van der Waals surface area contributed by atoms with Crippen LogP contribution in [0.1, 0.15) is 32.4 Å². The number of carbonyl (C=O) groups excluding carboxylic acids is 1. The predicted octanol–water partition coefficient (Wildman–Crippen LogP) is 3.44. The molecule has 28 heavy (non-hydrogen) atoms. The van der Waals surface area contributed by atoms with Crippen LogP contribution in [0.3, 0.4) is 0 Å². The second-order valence-corrected chi connectivity index (χ2v) is 7.08. The van der Waals surface area contributed by atoms with Gasteiger partial charge in [0, 0.05) is 24.8 Å². The maximum Gasteiger partial charge on any atom is 0.262 e. The molecule has 1 N–H and O–H groups in total. The maximum atomic E-state index is 12.3. The first-order valence-corrected chi connectivity index (χ1v) is 9.80. The fourth-order valence-electron chi connectivity index (χ4n) is 3.13. The molecule has 2 aromatic rings. The molecule has 1 fully saturated rings. The summed E-state index contributed by atoms with van der Waals surface area (Å²) in [5.74, 6) is 2.19. The van der Waals surface area contributed by atoms with Crippen LogP contribution < -0.4 is 19.7 Å². The van der Waals surface area contributed by atoms with Crippen molar-refractivity contribution in [3.63, 3.8) is 0 Å². The van der Waals surface area contributed by atoms with Gasteiger partial charge < -0.3 is 19.7 Å². The topological polar surface area (TPSA) is 76.6 Å². The van der Waals surface area contributed by atoms with Crippen molar-refractivity contribution in [3.05, 3.63) is 36.0 Å². The van der Waals surface area contributed by atoms with Crippen molar-refractivity contribution in [3.8, 4) is 11.6 Å². The van der Waals surface area contributed by atoms with E-state index in [2.05, 4.69) is 27.1 Å². The SMILES string of the molecule is CCOc1ccccc1NC(=O)COc1cc(C)nc(N2CCC(C)CC2)n1. The lowest BCUT2D eigenvalue weighted by molar-refractivity contribution is -0.118. The number of rotatable bonds is 7. The van der Waals surface area contributed by atoms with Crippen molar-refractivity contribution in [2.24, 2.45) is 5.92 Å². The lowest BCUT2D eigenvalue weighted by Crippen LogP contribution is -2.34. The number of para-hydroxylation sites is 2. The van der Waals surface area contributed by atoms with E-state index in [0.717, 1.165) is 37.5 Å². The second kappa shape index (κ2) is 9.39. The first-order valence-electron chi connectivity index (χ1n) is 9.80. The van der Waals surface area contributed by atoms with E-state index in [1.165, 1.54) is 0 Å². The summed E-state index contributed by atoms with van der Waals surface area (Å²) in [6, 6.07) is 9.08. The third kappa shape index (κ3) is 5.34. The van der Waals surface area contributed by atoms with Gasteiger partial charge in [0.1, 0.15) is 5.75 Å². The van der Waals surface area contributed by atoms with Gasteiger partial charge in [-0.15, -0.1) is 0 Å². The van der Waals surface area contributed by atoms with Crippen molar-refractivity contribution < 1.29 is 14.3 Å². The zero-order chi connectivity index (χ0) is 19.9. The monoisotopic (exact) mass is 384 g/mol. The Bertz CT molecular complexity index is 804. The molecular formula is C21H28N4O3. The van der Waals surface area contributed by atoms with E-state index in [-0.39, 0.29) is 12.5 Å². The normalized spacial score (nSPS) is 14.6. The molecule has 0 saturated carbocycles. The number of aryl methyl sites for hydroxylation is 1. The van der Waals surface area contributed by atoms with Gasteiger partial charge in [-0.25, -0.2) is 4.98 Å². The van der Waals surface area contributed by atoms with Crippen LogP contribution in [0.2, 0.25) is 0 Å². The first-order chi connectivity index (χ1) is 13.5. The minimum Gasteiger partial charge on any atom is -0.492 e. The lowest BCUT2D eigenvalue weighted by atomic mass is 10.00. The molecule has 1 aliphatic rings. The van der Waals surface area contributed by atoms with Crippen molar-refractivity contribution in [2.45, 2.75) is 33.6 Å². The molecule has 2 heterocycles. The van der Waals surface area contributed by atoms with E-state index >= 15 is 0 Å². The summed E-state index contributed by atoms with van der Waals surface area (Å²) in [6.07, 6.45) is 2.27. The molecule has 1 aliphatic heterocycles. The minimum atomic E-state index is -0.267. The van der Waals surface area contributed by atoms with E-state index in [1.54, 1.807) is 12.1 Å². The van der Waals surface area contributed by atoms with E-state index in [9.17, 15) is 4.79 Å². The van der Waals surface area contributed by atoms with Gasteiger partial charge in [-0.05, 0) is 44.7 Å². The van der Waals surface area contributed by atoms with E-state index in [0.29, 0.717) is 29.9 Å². The number of piperidine rings is 1. The third-order valence-corrected chi connectivity index (χ3v) is 4.70. The van der Waals surface area contributed by atoms with Gasteiger partial charge in [-0.1, -0.05) is 19.1 Å². The highest BCUT2D eigenvalue weighted by atomic mass is 16.5. The smallest absolute Gasteiger partial charge is 0.262 e. The van der Waals surface area contributed by atoms with Crippen molar-refractivity contribution in [1.82, 2.24) is 9.97 Å². The molecule has 0 atom stereocenters. The molecule has 7 heteroatoms. The van der Waals surface area contributed by atoms with E-state index in [4.69, 9.17) is 9.47 Å². The van der Waals surface area contributed by atoms with Gasteiger partial charge in [0.2, 0.25) is 11.8 Å². The second-order valence-electron chi connectivity index (χ2n) is 7.08. The molecule has 7 nitrogen and oxygen atoms in total. The number of benzene rings is 1. The highest BCUT2D eigenvalue weighted by molar-refractivity contribution is 5.93. The van der Waals surface area contributed by atoms with Crippen LogP contribution in [0.5, 0.6) is 11.6 Å². The number of nitrogens with zero attached hydrogens (tertiary/aromatic N) is 3. The van der Waals surface area contributed by atoms with Gasteiger partial charge in [0.25, 0.3) is 5.91 Å². The third-order valence-electron chi connectivity index (χ3n) is 4.70. The molecule has 0 spiro atoms. The number of carbonyl (C=O) groups is 1. The average molecular weight is 384 g/mol. The summed E-state index contributed by atoms with van der Waals surface area (Å²) >= 11 is 0. The van der Waals surface area contributed by atoms with Crippen molar-refractivity contribution >= 4 is 17.5 Å². The van der Waals surface area contributed by atoms with Gasteiger partial charge in [0.05, 0.1) is 12.3 Å². The van der Waals surface area contributed by atoms with Crippen LogP contribution >= 0.6 is 0 Å². The average Bonchev–Trinajstić information content (AvgIpc) is 2.68. The number of hydrogen-bond donors (Lipinski definition) is 1. The molecule has 0 radical (unpaired) electrons. The zero-order valence-electron chi connectivity index (χ0n) is 16.8. The van der Waals surface area contributed by atoms with E-state index < -0.39 is 0 Å². The summed E-state index contributed by atoms with van der Waals surface area (Å²) in [7, 11) is 0. The maximum absolute atomic E-state index is 12.3. The minimum absolute atomic E-state index is 0.132. The molecule has 3 rings (SSSR count). The van der Waals surface area contributed by atoms with Crippen LogP contribution in [0.25, 0.3) is 0 Å². The fourth-order valence-corrected chi connectivity index (χ4v) is 3.13. The Kier molecular flexibility index (Phi) is 6.68. The Morgan fingerprint density at radius 1 is 1.21 bits per heavy atom. The van der Waals surface area contributed by atoms with Crippen molar-refractivity contribution in [2.75, 3.05) is 36.5 Å². The number of amides is 1. The number of hydrogen-bond acceptors (Lipinski definition) is 6. The Labute approximate surface area is 166 Å². The van der Waals surface area contributed by atoms with Crippen LogP contribution in [0, 0.1) is 12.8 Å². The molecule has 1 saturated heterocycles. The van der Waals surface area contributed by atoms with Crippen LogP contribution in [-0.2, 0) is 4.79 Å². The molecule has 0 bridgehead atoms. The summed E-state index contributed by atoms with van der Waals surface area (Å²) in [4.78, 5) is 23.5. The Balaban J connectivity index is 1.60. The molecule has 1 aromatic carbocycles. The van der Waals surface area contributed by atoms with Gasteiger partial charge in [-0.3, -0.25) is 4.79 Å². The standard InChI is InChI=1S/C21H28N4O3/c1-4-27-18-8-6-5-7-17(18)23-19(26)14-28-20-13-16(3)22-21(24-20)25-11-9-15(2)10-12-25/h5-8,13,15H,4,9-12,14H2,1-3H3,(H,23,26). The largest absolute Gasteiger partial charge is 0.492 e. The Hall–Kier alpha value is -2.83. The Morgan fingerprint density at radius 2 is 1.96 bits per heavy atom. The molecule has 150 valence electrons. The molecular weight excluding hydrogens is 356 g/mol. The molecule has 0 aliphatic carbocycles. The Morgan fingerprint density at radius 3 is 2.71 bits per heavy atom. The summed E-state index contributed by atoms with van der Waals surface area (Å²) < 4.78 is 11.2. The number of nitrogens with one attached hydrogen (secondary N) is 1. The van der Waals surface area contributed by atoms with Crippen molar-refractivity contribution in [1.29, 1.82) is 0 Å². The van der Waals surface area contributed by atoms with Gasteiger partial charge in [-0.2, -0.15) is 4.98 Å². The highest BCUT2D eigenvalue weighted by Crippen LogP contribution is 2.24. The van der Waals surface area contributed by atoms with E-state index in [1.807, 2.05) is 32.0 Å². The van der Waals surface area contributed by atoms with Gasteiger partial charge >= 0.3 is 0 Å². The van der Waals surface area contributed by atoms with Crippen LogP contribution in [-0.4, -0.2) is 42.2 Å². The molecule has 1 amide bonds. The number of aromatic nitrogens is 2. The number of ether oxygens (including phenoxy) is 2. The van der Waals surface area contributed by atoms with Crippen LogP contribution in [0.4, 0.5) is 11.6 Å². The van der Waals surface area contributed by atoms with Crippen LogP contribution in [0.15, 0.2) is 30.3 Å². The van der Waals surface area contributed by atoms with Gasteiger partial charge in [0.15, 0.2) is 6.61 Å². The molecule has 0 unspecified atom stereocenters. The summed E-state index contributed by atoms with van der Waals surface area (Å²) in [5, 5.41) is 2.82. The quantitative estimate of drug-likeness (QED) is 0.788. The predicted molar refractivity (Wildman–Crippen MR) is 109 cm³/mol. The summed E-state index contributed by atoms with van der Waals surface area (Å²) in [6.45, 7) is 8.36.